The maximum atomic E-state index is 5.67. The number of rotatable bonds is 2. The summed E-state index contributed by atoms with van der Waals surface area (Å²) in [5.41, 5.74) is 1.41. The molecule has 0 saturated carbocycles. The van der Waals surface area contributed by atoms with Crippen molar-refractivity contribution in [1.29, 1.82) is 0 Å². The zero-order valence-corrected chi connectivity index (χ0v) is 10.4. The highest BCUT2D eigenvalue weighted by atomic mass is 16.5. The van der Waals surface area contributed by atoms with Crippen LogP contribution in [-0.2, 0) is 4.74 Å². The number of hydrogen-bond donors (Lipinski definition) is 1. The van der Waals surface area contributed by atoms with Gasteiger partial charge in [0.05, 0.1) is 18.5 Å². The van der Waals surface area contributed by atoms with Crippen LogP contribution in [0.1, 0.15) is 43.8 Å². The zero-order chi connectivity index (χ0) is 11.7. The molecule has 0 bridgehead atoms. The van der Waals surface area contributed by atoms with Gasteiger partial charge in [-0.25, -0.2) is 4.98 Å². The Kier molecular flexibility index (Phi) is 3.16. The van der Waals surface area contributed by atoms with E-state index in [0.29, 0.717) is 18.1 Å². The second-order valence-corrected chi connectivity index (χ2v) is 5.18. The summed E-state index contributed by atoms with van der Waals surface area (Å²) in [6, 6.07) is 0.488. The number of aromatic nitrogens is 2. The summed E-state index contributed by atoms with van der Waals surface area (Å²) in [4.78, 5) is 4.36. The van der Waals surface area contributed by atoms with E-state index in [-0.39, 0.29) is 0 Å². The lowest BCUT2D eigenvalue weighted by Gasteiger charge is -2.26. The zero-order valence-electron chi connectivity index (χ0n) is 10.4. The Morgan fingerprint density at radius 1 is 1.35 bits per heavy atom. The molecule has 0 spiro atoms. The molecule has 2 aliphatic heterocycles. The molecule has 0 radical (unpaired) electrons. The quantitative estimate of drug-likeness (QED) is 0.848. The van der Waals surface area contributed by atoms with Crippen molar-refractivity contribution in [2.75, 3.05) is 19.7 Å². The highest BCUT2D eigenvalue weighted by Gasteiger charge is 2.29. The maximum Gasteiger partial charge on any atom is 0.0951 e. The summed E-state index contributed by atoms with van der Waals surface area (Å²) >= 11 is 0. The standard InChI is InChI=1S/C13H21N3O/c1-10-12(4-7-17-10)16-9-15-8-13(16)11-2-5-14-6-3-11/h8-12,14H,2-7H2,1H3. The van der Waals surface area contributed by atoms with Gasteiger partial charge in [0.1, 0.15) is 0 Å². The van der Waals surface area contributed by atoms with Crippen molar-refractivity contribution < 1.29 is 4.74 Å². The Balaban J connectivity index is 1.82. The minimum Gasteiger partial charge on any atom is -0.376 e. The smallest absolute Gasteiger partial charge is 0.0951 e. The van der Waals surface area contributed by atoms with Crippen LogP contribution in [0.25, 0.3) is 0 Å². The van der Waals surface area contributed by atoms with E-state index in [4.69, 9.17) is 4.74 Å². The van der Waals surface area contributed by atoms with E-state index in [9.17, 15) is 0 Å². The van der Waals surface area contributed by atoms with Crippen molar-refractivity contribution in [1.82, 2.24) is 14.9 Å². The SMILES string of the molecule is CC1OCCC1n1cncc1C1CCNCC1. The molecule has 3 heterocycles. The summed E-state index contributed by atoms with van der Waals surface area (Å²) in [6.07, 6.45) is 7.95. The minimum absolute atomic E-state index is 0.324. The highest BCUT2D eigenvalue weighted by Crippen LogP contribution is 2.32. The predicted octanol–water partition coefficient (Wildman–Crippen LogP) is 1.70. The van der Waals surface area contributed by atoms with Crippen LogP contribution >= 0.6 is 0 Å². The first kappa shape index (κ1) is 11.2. The fourth-order valence-electron chi connectivity index (χ4n) is 3.11. The Bertz CT molecular complexity index is 370. The monoisotopic (exact) mass is 235 g/mol. The lowest BCUT2D eigenvalue weighted by atomic mass is 9.94. The highest BCUT2D eigenvalue weighted by molar-refractivity contribution is 5.10. The van der Waals surface area contributed by atoms with Crippen LogP contribution in [0, 0.1) is 0 Å². The lowest BCUT2D eigenvalue weighted by molar-refractivity contribution is 0.107. The lowest BCUT2D eigenvalue weighted by Crippen LogP contribution is -2.28. The van der Waals surface area contributed by atoms with E-state index in [0.717, 1.165) is 26.1 Å². The molecular formula is C13H21N3O. The molecule has 2 aliphatic rings. The maximum absolute atomic E-state index is 5.67. The molecule has 0 aromatic carbocycles. The fourth-order valence-corrected chi connectivity index (χ4v) is 3.11. The van der Waals surface area contributed by atoms with Crippen LogP contribution in [0.2, 0.25) is 0 Å². The van der Waals surface area contributed by atoms with Crippen molar-refractivity contribution in [3.05, 3.63) is 18.2 Å². The number of imidazole rings is 1. The first-order valence-corrected chi connectivity index (χ1v) is 6.70. The summed E-state index contributed by atoms with van der Waals surface area (Å²) in [6.45, 7) is 5.32. The molecule has 2 saturated heterocycles. The second-order valence-electron chi connectivity index (χ2n) is 5.18. The number of piperidine rings is 1. The van der Waals surface area contributed by atoms with E-state index < -0.39 is 0 Å². The van der Waals surface area contributed by atoms with Crippen molar-refractivity contribution in [3.63, 3.8) is 0 Å². The number of ether oxygens (including phenoxy) is 1. The van der Waals surface area contributed by atoms with Crippen molar-refractivity contribution in [3.8, 4) is 0 Å². The normalized spacial score (nSPS) is 30.9. The summed E-state index contributed by atoms with van der Waals surface area (Å²) < 4.78 is 8.04. The van der Waals surface area contributed by atoms with Gasteiger partial charge >= 0.3 is 0 Å². The van der Waals surface area contributed by atoms with Gasteiger partial charge in [0.2, 0.25) is 0 Å². The molecule has 17 heavy (non-hydrogen) atoms. The second kappa shape index (κ2) is 4.78. The molecule has 0 aliphatic carbocycles. The van der Waals surface area contributed by atoms with Gasteiger partial charge in [-0.1, -0.05) is 0 Å². The van der Waals surface area contributed by atoms with Crippen molar-refractivity contribution >= 4 is 0 Å². The van der Waals surface area contributed by atoms with Gasteiger partial charge in [0.15, 0.2) is 0 Å². The molecule has 2 fully saturated rings. The summed E-state index contributed by atoms with van der Waals surface area (Å²) in [5, 5.41) is 3.42. The van der Waals surface area contributed by atoms with E-state index >= 15 is 0 Å². The molecular weight excluding hydrogens is 214 g/mol. The fraction of sp³-hybridized carbons (Fsp3) is 0.769. The largest absolute Gasteiger partial charge is 0.376 e. The van der Waals surface area contributed by atoms with E-state index in [1.54, 1.807) is 0 Å². The van der Waals surface area contributed by atoms with E-state index in [1.807, 2.05) is 6.33 Å². The van der Waals surface area contributed by atoms with Crippen LogP contribution in [-0.4, -0.2) is 35.4 Å². The minimum atomic E-state index is 0.324. The van der Waals surface area contributed by atoms with Crippen molar-refractivity contribution in [2.45, 2.75) is 44.2 Å². The Morgan fingerprint density at radius 3 is 2.88 bits per heavy atom. The third kappa shape index (κ3) is 2.11. The molecule has 3 rings (SSSR count). The van der Waals surface area contributed by atoms with Gasteiger partial charge in [-0.05, 0) is 39.3 Å². The molecule has 2 unspecified atom stereocenters. The Hall–Kier alpha value is -0.870. The van der Waals surface area contributed by atoms with Crippen LogP contribution < -0.4 is 5.32 Å². The van der Waals surface area contributed by atoms with Gasteiger partial charge in [0.25, 0.3) is 0 Å². The van der Waals surface area contributed by atoms with Gasteiger partial charge in [-0.2, -0.15) is 0 Å². The number of hydrogen-bond acceptors (Lipinski definition) is 3. The van der Waals surface area contributed by atoms with Crippen LogP contribution in [0.4, 0.5) is 0 Å². The predicted molar refractivity (Wildman–Crippen MR) is 66.1 cm³/mol. The first-order chi connectivity index (χ1) is 8.36. The van der Waals surface area contributed by atoms with Crippen LogP contribution in [0.3, 0.4) is 0 Å². The topological polar surface area (TPSA) is 39.1 Å². The Labute approximate surface area is 102 Å². The van der Waals surface area contributed by atoms with Gasteiger partial charge in [0, 0.05) is 24.4 Å². The third-order valence-electron chi connectivity index (χ3n) is 4.15. The molecule has 2 atom stereocenters. The molecule has 4 nitrogen and oxygen atoms in total. The molecule has 1 N–H and O–H groups in total. The van der Waals surface area contributed by atoms with Gasteiger partial charge in [-0.3, -0.25) is 0 Å². The van der Waals surface area contributed by atoms with Crippen molar-refractivity contribution in [2.24, 2.45) is 0 Å². The average Bonchev–Trinajstić information content (AvgIpc) is 2.98. The third-order valence-corrected chi connectivity index (χ3v) is 4.15. The number of nitrogens with zero attached hydrogens (tertiary/aromatic N) is 2. The van der Waals surface area contributed by atoms with Crippen LogP contribution in [0.15, 0.2) is 12.5 Å². The Morgan fingerprint density at radius 2 is 2.18 bits per heavy atom. The number of nitrogens with one attached hydrogen (secondary N) is 1. The molecule has 4 heteroatoms. The van der Waals surface area contributed by atoms with Gasteiger partial charge in [-0.15, -0.1) is 0 Å². The molecule has 1 aromatic rings. The van der Waals surface area contributed by atoms with Gasteiger partial charge < -0.3 is 14.6 Å². The van der Waals surface area contributed by atoms with Crippen LogP contribution in [0.5, 0.6) is 0 Å². The molecule has 0 amide bonds. The summed E-state index contributed by atoms with van der Waals surface area (Å²) in [5.74, 6) is 0.673. The van der Waals surface area contributed by atoms with E-state index in [1.165, 1.54) is 18.5 Å². The summed E-state index contributed by atoms with van der Waals surface area (Å²) in [7, 11) is 0. The first-order valence-electron chi connectivity index (χ1n) is 6.70. The molecule has 94 valence electrons. The molecule has 1 aromatic heterocycles. The van der Waals surface area contributed by atoms with E-state index in [2.05, 4.69) is 28.0 Å². The average molecular weight is 235 g/mol.